The molecule has 0 saturated carbocycles. The Balaban J connectivity index is 2.49. The maximum absolute atomic E-state index is 15.0. The Labute approximate surface area is 121 Å². The first-order valence-corrected chi connectivity index (χ1v) is 6.30. The summed E-state index contributed by atoms with van der Waals surface area (Å²) in [7, 11) is 2.79. The summed E-state index contributed by atoms with van der Waals surface area (Å²) in [5, 5.41) is 0. The summed E-state index contributed by atoms with van der Waals surface area (Å²) >= 11 is 0. The molecule has 2 atom stereocenters. The summed E-state index contributed by atoms with van der Waals surface area (Å²) in [5.74, 6) is 0.305. The van der Waals surface area contributed by atoms with Crippen LogP contribution in [0.2, 0.25) is 0 Å². The number of hydrogen-bond donors (Lipinski definition) is 1. The second-order valence-corrected chi connectivity index (χ2v) is 4.93. The molecule has 1 aromatic heterocycles. The summed E-state index contributed by atoms with van der Waals surface area (Å²) in [5.41, 5.74) is 3.39. The van der Waals surface area contributed by atoms with Gasteiger partial charge in [0.1, 0.15) is 12.4 Å². The van der Waals surface area contributed by atoms with Crippen molar-refractivity contribution >= 4 is 5.82 Å². The Morgan fingerprint density at radius 2 is 2.24 bits per heavy atom. The number of hydrogen-bond acceptors (Lipinski definition) is 6. The lowest BCUT2D eigenvalue weighted by atomic mass is 10.1. The Kier molecular flexibility index (Phi) is 3.91. The Morgan fingerprint density at radius 1 is 1.57 bits per heavy atom. The summed E-state index contributed by atoms with van der Waals surface area (Å²) in [6, 6.07) is 0. The number of halogens is 1. The highest BCUT2D eigenvalue weighted by Gasteiger charge is 2.51. The molecule has 1 aromatic rings. The molecule has 0 aromatic carbocycles. The van der Waals surface area contributed by atoms with Gasteiger partial charge in [0.05, 0.1) is 7.11 Å². The smallest absolute Gasteiger partial charge is 0.352 e. The average molecular weight is 299 g/mol. The SMILES string of the molecule is COCC1=C(OC)C(C)(F)[C@H](n2cc(C)c(N)nc2=O)O1. The van der Waals surface area contributed by atoms with Crippen molar-refractivity contribution in [1.82, 2.24) is 9.55 Å². The van der Waals surface area contributed by atoms with Gasteiger partial charge in [-0.1, -0.05) is 0 Å². The third-order valence-corrected chi connectivity index (χ3v) is 3.32. The van der Waals surface area contributed by atoms with Gasteiger partial charge in [0.2, 0.25) is 11.9 Å². The van der Waals surface area contributed by atoms with Crippen LogP contribution < -0.4 is 11.4 Å². The van der Waals surface area contributed by atoms with Gasteiger partial charge in [0, 0.05) is 18.9 Å². The molecule has 0 saturated heterocycles. The largest absolute Gasteiger partial charge is 0.494 e. The van der Waals surface area contributed by atoms with Crippen molar-refractivity contribution in [2.24, 2.45) is 0 Å². The minimum atomic E-state index is -2.03. The summed E-state index contributed by atoms with van der Waals surface area (Å²) < 4.78 is 31.6. The van der Waals surface area contributed by atoms with Crippen LogP contribution in [0.3, 0.4) is 0 Å². The van der Waals surface area contributed by atoms with Crippen molar-refractivity contribution in [1.29, 1.82) is 0 Å². The maximum Gasteiger partial charge on any atom is 0.352 e. The molecule has 0 amide bonds. The molecular formula is C13H18FN3O4. The molecule has 2 N–H and O–H groups in total. The van der Waals surface area contributed by atoms with E-state index in [1.165, 1.54) is 27.3 Å². The second kappa shape index (κ2) is 5.36. The third kappa shape index (κ3) is 2.46. The van der Waals surface area contributed by atoms with Crippen LogP contribution in [0.5, 0.6) is 0 Å². The molecule has 1 aliphatic rings. The van der Waals surface area contributed by atoms with Crippen LogP contribution in [0.1, 0.15) is 18.7 Å². The molecule has 21 heavy (non-hydrogen) atoms. The number of rotatable bonds is 4. The van der Waals surface area contributed by atoms with Crippen molar-refractivity contribution < 1.29 is 18.6 Å². The molecule has 2 rings (SSSR count). The lowest BCUT2D eigenvalue weighted by molar-refractivity contribution is -0.0347. The number of nitrogens with zero attached hydrogens (tertiary/aromatic N) is 2. The Hall–Kier alpha value is -2.09. The number of methoxy groups -OCH3 is 2. The Morgan fingerprint density at radius 3 is 2.81 bits per heavy atom. The standard InChI is InChI=1S/C13H18FN3O4/c1-7-5-17(12(18)16-10(7)15)11-13(2,14)9(20-4)8(21-11)6-19-3/h5,11H,6H2,1-4H3,(H2,15,16,18)/t11-,13?/m1/s1. The molecule has 7 nitrogen and oxygen atoms in total. The monoisotopic (exact) mass is 299 g/mol. The van der Waals surface area contributed by atoms with Gasteiger partial charge < -0.3 is 19.9 Å². The van der Waals surface area contributed by atoms with Gasteiger partial charge in [-0.05, 0) is 13.8 Å². The van der Waals surface area contributed by atoms with Crippen molar-refractivity contribution in [3.63, 3.8) is 0 Å². The highest BCUT2D eigenvalue weighted by atomic mass is 19.1. The first-order chi connectivity index (χ1) is 9.82. The van der Waals surface area contributed by atoms with Gasteiger partial charge >= 0.3 is 5.69 Å². The van der Waals surface area contributed by atoms with Gasteiger partial charge in [-0.15, -0.1) is 0 Å². The van der Waals surface area contributed by atoms with Crippen molar-refractivity contribution in [2.75, 3.05) is 26.6 Å². The van der Waals surface area contributed by atoms with Crippen LogP contribution in [0.4, 0.5) is 10.2 Å². The minimum Gasteiger partial charge on any atom is -0.494 e. The molecule has 2 heterocycles. The van der Waals surface area contributed by atoms with E-state index >= 15 is 4.39 Å². The number of anilines is 1. The number of ether oxygens (including phenoxy) is 3. The minimum absolute atomic E-state index is 0.00396. The lowest BCUT2D eigenvalue weighted by Gasteiger charge is -2.25. The van der Waals surface area contributed by atoms with Crippen LogP contribution in [0, 0.1) is 6.92 Å². The van der Waals surface area contributed by atoms with Gasteiger partial charge in [-0.2, -0.15) is 4.98 Å². The second-order valence-electron chi connectivity index (χ2n) is 4.93. The number of alkyl halides is 1. The molecule has 1 aliphatic heterocycles. The van der Waals surface area contributed by atoms with Crippen LogP contribution >= 0.6 is 0 Å². The molecule has 1 unspecified atom stereocenters. The summed E-state index contributed by atoms with van der Waals surface area (Å²) in [4.78, 5) is 15.6. The molecule has 0 fully saturated rings. The normalized spacial score (nSPS) is 25.1. The molecule has 0 spiro atoms. The van der Waals surface area contributed by atoms with Gasteiger partial charge in [0.15, 0.2) is 11.5 Å². The summed E-state index contributed by atoms with van der Waals surface area (Å²) in [6.07, 6.45) is 0.188. The van der Waals surface area contributed by atoms with Crippen molar-refractivity contribution in [2.45, 2.75) is 25.7 Å². The van der Waals surface area contributed by atoms with Gasteiger partial charge in [-0.25, -0.2) is 9.18 Å². The molecule has 0 aliphatic carbocycles. The maximum atomic E-state index is 15.0. The first kappa shape index (κ1) is 15.3. The van der Waals surface area contributed by atoms with Crippen molar-refractivity contribution in [3.05, 3.63) is 33.8 Å². The van der Waals surface area contributed by atoms with E-state index in [4.69, 9.17) is 19.9 Å². The quantitative estimate of drug-likeness (QED) is 0.888. The van der Waals surface area contributed by atoms with E-state index in [1.807, 2.05) is 0 Å². The van der Waals surface area contributed by atoms with Gasteiger partial charge in [-0.3, -0.25) is 4.57 Å². The zero-order chi connectivity index (χ0) is 15.8. The van der Waals surface area contributed by atoms with Crippen molar-refractivity contribution in [3.8, 4) is 0 Å². The highest BCUT2D eigenvalue weighted by molar-refractivity contribution is 5.35. The number of nitrogen functional groups attached to an aromatic ring is 1. The first-order valence-electron chi connectivity index (χ1n) is 6.30. The molecule has 116 valence electrons. The zero-order valence-electron chi connectivity index (χ0n) is 12.3. The lowest BCUT2D eigenvalue weighted by Crippen LogP contribution is -2.38. The number of aromatic nitrogens is 2. The highest BCUT2D eigenvalue weighted by Crippen LogP contribution is 2.44. The topological polar surface area (TPSA) is 88.6 Å². The van der Waals surface area contributed by atoms with E-state index in [2.05, 4.69) is 4.98 Å². The average Bonchev–Trinajstić information content (AvgIpc) is 2.65. The van der Waals surface area contributed by atoms with E-state index in [-0.39, 0.29) is 23.9 Å². The predicted molar refractivity (Wildman–Crippen MR) is 73.2 cm³/mol. The predicted octanol–water partition coefficient (Wildman–Crippen LogP) is 0.895. The third-order valence-electron chi connectivity index (χ3n) is 3.32. The fraction of sp³-hybridized carbons (Fsp3) is 0.538. The summed E-state index contributed by atoms with van der Waals surface area (Å²) in [6.45, 7) is 2.98. The number of aryl methyl sites for hydroxylation is 1. The van der Waals surface area contributed by atoms with E-state index in [1.54, 1.807) is 6.92 Å². The van der Waals surface area contributed by atoms with Crippen LogP contribution in [0.15, 0.2) is 22.5 Å². The van der Waals surface area contributed by atoms with E-state index < -0.39 is 17.6 Å². The number of nitrogens with two attached hydrogens (primary N) is 1. The zero-order valence-corrected chi connectivity index (χ0v) is 12.3. The van der Waals surface area contributed by atoms with Crippen LogP contribution in [0.25, 0.3) is 0 Å². The molecule has 8 heteroatoms. The van der Waals surface area contributed by atoms with E-state index in [9.17, 15) is 4.79 Å². The molecular weight excluding hydrogens is 281 g/mol. The fourth-order valence-electron chi connectivity index (χ4n) is 2.29. The molecule has 0 bridgehead atoms. The fourth-order valence-corrected chi connectivity index (χ4v) is 2.29. The van der Waals surface area contributed by atoms with E-state index in [0.29, 0.717) is 5.56 Å². The van der Waals surface area contributed by atoms with Gasteiger partial charge in [0.25, 0.3) is 0 Å². The van der Waals surface area contributed by atoms with Crippen LogP contribution in [-0.2, 0) is 14.2 Å². The van der Waals surface area contributed by atoms with E-state index in [0.717, 1.165) is 4.57 Å². The molecule has 0 radical (unpaired) electrons. The van der Waals surface area contributed by atoms with Crippen LogP contribution in [-0.4, -0.2) is 36.0 Å². The Bertz CT molecular complexity index is 639.